The fourth-order valence-electron chi connectivity index (χ4n) is 1.22. The number of esters is 2. The lowest BCUT2D eigenvalue weighted by molar-refractivity contribution is -0.144. The van der Waals surface area contributed by atoms with Crippen molar-refractivity contribution in [2.45, 2.75) is 39.4 Å². The number of hydrogen-bond acceptors (Lipinski definition) is 6. The van der Waals surface area contributed by atoms with Crippen molar-refractivity contribution in [3.05, 3.63) is 28.7 Å². The zero-order chi connectivity index (χ0) is 14.6. The van der Waals surface area contributed by atoms with Crippen LogP contribution in [0.25, 0.3) is 0 Å². The fraction of sp³-hybridized carbons (Fsp3) is 0.462. The third-order valence-corrected chi connectivity index (χ3v) is 2.79. The van der Waals surface area contributed by atoms with E-state index in [1.54, 1.807) is 26.2 Å². The molecule has 1 aromatic heterocycles. The first kappa shape index (κ1) is 15.4. The molecule has 0 unspecified atom stereocenters. The summed E-state index contributed by atoms with van der Waals surface area (Å²) in [7, 11) is 0. The zero-order valence-electron chi connectivity index (χ0n) is 11.4. The number of aromatic nitrogens is 1. The lowest BCUT2D eigenvalue weighted by atomic mass is 10.2. The lowest BCUT2D eigenvalue weighted by Crippen LogP contribution is -2.24. The van der Waals surface area contributed by atoms with Gasteiger partial charge in [-0.15, -0.1) is 11.3 Å². The van der Waals surface area contributed by atoms with Gasteiger partial charge in [-0.2, -0.15) is 0 Å². The van der Waals surface area contributed by atoms with Crippen LogP contribution >= 0.6 is 11.3 Å². The minimum atomic E-state index is -0.640. The summed E-state index contributed by atoms with van der Waals surface area (Å²) in [4.78, 5) is 26.8. The van der Waals surface area contributed by atoms with Crippen molar-refractivity contribution in [1.82, 2.24) is 4.98 Å². The van der Waals surface area contributed by atoms with Crippen molar-refractivity contribution in [2.24, 2.45) is 0 Å². The Balaban J connectivity index is 2.84. The summed E-state index contributed by atoms with van der Waals surface area (Å²) in [6, 6.07) is 0. The molecule has 1 heterocycles. The second kappa shape index (κ2) is 5.97. The average molecular weight is 283 g/mol. The van der Waals surface area contributed by atoms with Crippen LogP contribution in [0, 0.1) is 0 Å². The van der Waals surface area contributed by atoms with Crippen molar-refractivity contribution >= 4 is 23.3 Å². The van der Waals surface area contributed by atoms with Crippen molar-refractivity contribution in [2.75, 3.05) is 0 Å². The van der Waals surface area contributed by atoms with E-state index in [0.29, 0.717) is 5.01 Å². The Morgan fingerprint density at radius 2 is 2.11 bits per heavy atom. The summed E-state index contributed by atoms with van der Waals surface area (Å²) in [5.41, 5.74) is -0.372. The van der Waals surface area contributed by atoms with Gasteiger partial charge in [0.15, 0.2) is 11.8 Å². The molecule has 104 valence electrons. The Morgan fingerprint density at radius 3 is 2.58 bits per heavy atom. The molecule has 0 bridgehead atoms. The highest BCUT2D eigenvalue weighted by Crippen LogP contribution is 2.24. The van der Waals surface area contributed by atoms with Crippen LogP contribution in [0.4, 0.5) is 0 Å². The number of hydrogen-bond donors (Lipinski definition) is 0. The molecule has 0 N–H and O–H groups in total. The summed E-state index contributed by atoms with van der Waals surface area (Å²) in [6.45, 7) is 10.2. The number of carbonyl (C=O) groups excluding carboxylic acids is 2. The van der Waals surface area contributed by atoms with Gasteiger partial charge < -0.3 is 9.47 Å². The zero-order valence-corrected chi connectivity index (χ0v) is 12.2. The SMILES string of the molecule is C=C[C@@H](OC(C)=O)c1nc(C(=O)OC(C)(C)C)cs1. The summed E-state index contributed by atoms with van der Waals surface area (Å²) >= 11 is 1.22. The molecule has 0 aromatic carbocycles. The quantitative estimate of drug-likeness (QED) is 0.628. The number of carbonyl (C=O) groups is 2. The Kier molecular flexibility index (Phi) is 4.83. The maximum atomic E-state index is 11.8. The van der Waals surface area contributed by atoms with Gasteiger partial charge in [0.1, 0.15) is 10.6 Å². The molecule has 1 rings (SSSR count). The number of rotatable bonds is 4. The molecule has 5 nitrogen and oxygen atoms in total. The Hall–Kier alpha value is -1.69. The highest BCUT2D eigenvalue weighted by atomic mass is 32.1. The van der Waals surface area contributed by atoms with E-state index in [9.17, 15) is 9.59 Å². The summed E-state index contributed by atoms with van der Waals surface area (Å²) in [5, 5.41) is 2.06. The molecular formula is C13H17NO4S. The van der Waals surface area contributed by atoms with E-state index in [1.165, 1.54) is 24.3 Å². The monoisotopic (exact) mass is 283 g/mol. The molecule has 1 atom stereocenters. The van der Waals surface area contributed by atoms with Crippen LogP contribution in [-0.4, -0.2) is 22.5 Å². The van der Waals surface area contributed by atoms with E-state index >= 15 is 0 Å². The van der Waals surface area contributed by atoms with Crippen LogP contribution < -0.4 is 0 Å². The smallest absolute Gasteiger partial charge is 0.358 e. The Bertz CT molecular complexity index is 487. The first-order valence-corrected chi connectivity index (χ1v) is 6.59. The summed E-state index contributed by atoms with van der Waals surface area (Å²) < 4.78 is 10.2. The van der Waals surface area contributed by atoms with Crippen LogP contribution in [0.1, 0.15) is 49.3 Å². The standard InChI is InChI=1S/C13H17NO4S/c1-6-10(17-8(2)15)11-14-9(7-19-11)12(16)18-13(3,4)5/h6-7,10H,1H2,2-5H3/t10-/m1/s1. The molecule has 6 heteroatoms. The van der Waals surface area contributed by atoms with E-state index < -0.39 is 23.6 Å². The summed E-state index contributed by atoms with van der Waals surface area (Å²) in [6.07, 6.45) is 0.817. The first-order valence-electron chi connectivity index (χ1n) is 5.71. The van der Waals surface area contributed by atoms with Gasteiger partial charge >= 0.3 is 11.9 Å². The number of nitrogens with zero attached hydrogens (tertiary/aromatic N) is 1. The summed E-state index contributed by atoms with van der Waals surface area (Å²) in [5.74, 6) is -0.931. The van der Waals surface area contributed by atoms with E-state index in [0.717, 1.165) is 0 Å². The molecule has 0 aliphatic carbocycles. The van der Waals surface area contributed by atoms with E-state index in [-0.39, 0.29) is 5.69 Å². The largest absolute Gasteiger partial charge is 0.455 e. The molecule has 1 aromatic rings. The molecule has 19 heavy (non-hydrogen) atoms. The van der Waals surface area contributed by atoms with Crippen molar-refractivity contribution in [3.63, 3.8) is 0 Å². The number of thiazole rings is 1. The molecule has 0 aliphatic rings. The first-order chi connectivity index (χ1) is 8.73. The Morgan fingerprint density at radius 1 is 1.47 bits per heavy atom. The molecule has 0 aliphatic heterocycles. The third kappa shape index (κ3) is 4.82. The molecule has 0 saturated heterocycles. The van der Waals surface area contributed by atoms with E-state index in [4.69, 9.17) is 9.47 Å². The molecule has 0 spiro atoms. The van der Waals surface area contributed by atoms with Gasteiger partial charge in [-0.05, 0) is 26.8 Å². The van der Waals surface area contributed by atoms with Gasteiger partial charge in [0, 0.05) is 12.3 Å². The van der Waals surface area contributed by atoms with Gasteiger partial charge in [0.05, 0.1) is 0 Å². The Labute approximate surface area is 116 Å². The highest BCUT2D eigenvalue weighted by molar-refractivity contribution is 7.09. The van der Waals surface area contributed by atoms with Crippen LogP contribution in [0.3, 0.4) is 0 Å². The molecule has 0 amide bonds. The third-order valence-electron chi connectivity index (χ3n) is 1.88. The topological polar surface area (TPSA) is 65.5 Å². The molecule has 0 saturated carbocycles. The second-order valence-corrected chi connectivity index (χ2v) is 5.73. The van der Waals surface area contributed by atoms with Crippen molar-refractivity contribution in [3.8, 4) is 0 Å². The predicted molar refractivity (Wildman–Crippen MR) is 72.0 cm³/mol. The van der Waals surface area contributed by atoms with E-state index in [1.807, 2.05) is 0 Å². The van der Waals surface area contributed by atoms with Crippen LogP contribution in [0.15, 0.2) is 18.0 Å². The van der Waals surface area contributed by atoms with Gasteiger partial charge in [-0.1, -0.05) is 6.58 Å². The molecule has 0 radical (unpaired) electrons. The van der Waals surface area contributed by atoms with Gasteiger partial charge in [0.2, 0.25) is 0 Å². The van der Waals surface area contributed by atoms with Gasteiger partial charge in [0.25, 0.3) is 0 Å². The van der Waals surface area contributed by atoms with Crippen LogP contribution in [-0.2, 0) is 14.3 Å². The van der Waals surface area contributed by atoms with Crippen molar-refractivity contribution in [1.29, 1.82) is 0 Å². The normalized spacial score (nSPS) is 12.6. The molecular weight excluding hydrogens is 266 g/mol. The number of ether oxygens (including phenoxy) is 2. The van der Waals surface area contributed by atoms with Crippen LogP contribution in [0.2, 0.25) is 0 Å². The minimum absolute atomic E-state index is 0.203. The predicted octanol–water partition coefficient (Wildman–Crippen LogP) is 2.89. The van der Waals surface area contributed by atoms with Gasteiger partial charge in [-0.25, -0.2) is 9.78 Å². The highest BCUT2D eigenvalue weighted by Gasteiger charge is 2.22. The fourth-order valence-corrected chi connectivity index (χ4v) is 2.03. The van der Waals surface area contributed by atoms with Crippen LogP contribution in [0.5, 0.6) is 0 Å². The van der Waals surface area contributed by atoms with E-state index in [2.05, 4.69) is 11.6 Å². The maximum Gasteiger partial charge on any atom is 0.358 e. The van der Waals surface area contributed by atoms with Gasteiger partial charge in [-0.3, -0.25) is 4.79 Å². The lowest BCUT2D eigenvalue weighted by Gasteiger charge is -2.18. The maximum absolute atomic E-state index is 11.8. The average Bonchev–Trinajstić information content (AvgIpc) is 2.72. The van der Waals surface area contributed by atoms with Crippen molar-refractivity contribution < 1.29 is 19.1 Å². The minimum Gasteiger partial charge on any atom is -0.455 e. The second-order valence-electron chi connectivity index (χ2n) is 4.84. The molecule has 0 fully saturated rings.